The molecule has 1 aliphatic rings. The molecule has 25 heavy (non-hydrogen) atoms. The lowest BCUT2D eigenvalue weighted by Crippen LogP contribution is -2.39. The van der Waals surface area contributed by atoms with Crippen LogP contribution in [0, 0.1) is 0 Å². The van der Waals surface area contributed by atoms with Gasteiger partial charge in [0.1, 0.15) is 0 Å². The van der Waals surface area contributed by atoms with Crippen LogP contribution in [0.3, 0.4) is 0 Å². The summed E-state index contributed by atoms with van der Waals surface area (Å²) >= 11 is 1.55. The van der Waals surface area contributed by atoms with E-state index in [1.54, 1.807) is 16.8 Å². The van der Waals surface area contributed by atoms with Crippen LogP contribution >= 0.6 is 11.3 Å². The first-order chi connectivity index (χ1) is 12.1. The number of benzene rings is 1. The Morgan fingerprint density at radius 2 is 2.20 bits per heavy atom. The van der Waals surface area contributed by atoms with E-state index in [0.717, 1.165) is 46.7 Å². The minimum atomic E-state index is -0.0328. The Hall–Kier alpha value is -2.54. The summed E-state index contributed by atoms with van der Waals surface area (Å²) in [5, 5.41) is 3.15. The number of carbonyl (C=O) groups excluding carboxylic acids is 1. The van der Waals surface area contributed by atoms with E-state index >= 15 is 0 Å². The van der Waals surface area contributed by atoms with Crippen molar-refractivity contribution in [1.29, 1.82) is 0 Å². The largest absolute Gasteiger partial charge is 0.349 e. The SMILES string of the molecule is CN(C)c1ncc2c(n1)CCC(NC(=O)c1ccc3ncsc3c1)C2. The number of anilines is 1. The molecule has 0 fully saturated rings. The summed E-state index contributed by atoms with van der Waals surface area (Å²) in [5.74, 6) is 0.702. The van der Waals surface area contributed by atoms with Gasteiger partial charge in [0.2, 0.25) is 5.95 Å². The van der Waals surface area contributed by atoms with Gasteiger partial charge in [0.05, 0.1) is 15.7 Å². The second-order valence-corrected chi connectivity index (χ2v) is 7.37. The van der Waals surface area contributed by atoms with Crippen LogP contribution in [0.1, 0.15) is 28.0 Å². The van der Waals surface area contributed by atoms with Gasteiger partial charge in [-0.2, -0.15) is 0 Å². The Morgan fingerprint density at radius 3 is 3.04 bits per heavy atom. The molecule has 1 aromatic carbocycles. The maximum Gasteiger partial charge on any atom is 0.251 e. The molecule has 0 spiro atoms. The highest BCUT2D eigenvalue weighted by molar-refractivity contribution is 7.16. The van der Waals surface area contributed by atoms with Crippen molar-refractivity contribution >= 4 is 33.4 Å². The zero-order valence-corrected chi connectivity index (χ0v) is 15.0. The van der Waals surface area contributed by atoms with E-state index in [1.807, 2.05) is 43.4 Å². The van der Waals surface area contributed by atoms with E-state index in [1.165, 1.54) is 0 Å². The molecule has 1 aliphatic carbocycles. The maximum absolute atomic E-state index is 12.6. The first-order valence-corrected chi connectivity index (χ1v) is 9.14. The number of carbonyl (C=O) groups is 1. The molecule has 2 aromatic heterocycles. The van der Waals surface area contributed by atoms with Crippen LogP contribution in [-0.4, -0.2) is 41.0 Å². The van der Waals surface area contributed by atoms with Crippen LogP contribution in [-0.2, 0) is 12.8 Å². The van der Waals surface area contributed by atoms with E-state index in [4.69, 9.17) is 0 Å². The van der Waals surface area contributed by atoms with Gasteiger partial charge in [-0.25, -0.2) is 15.0 Å². The summed E-state index contributed by atoms with van der Waals surface area (Å²) in [5.41, 5.74) is 5.63. The molecule has 7 heteroatoms. The van der Waals surface area contributed by atoms with Gasteiger partial charge in [-0.1, -0.05) is 0 Å². The summed E-state index contributed by atoms with van der Waals surface area (Å²) in [6, 6.07) is 5.76. The number of rotatable bonds is 3. The van der Waals surface area contributed by atoms with Crippen LogP contribution in [0.15, 0.2) is 29.9 Å². The van der Waals surface area contributed by atoms with E-state index < -0.39 is 0 Å². The number of nitrogens with one attached hydrogen (secondary N) is 1. The van der Waals surface area contributed by atoms with Gasteiger partial charge in [0.25, 0.3) is 5.91 Å². The van der Waals surface area contributed by atoms with Crippen molar-refractivity contribution in [3.63, 3.8) is 0 Å². The topological polar surface area (TPSA) is 71.0 Å². The Balaban J connectivity index is 1.47. The zero-order chi connectivity index (χ0) is 17.4. The van der Waals surface area contributed by atoms with E-state index in [9.17, 15) is 4.79 Å². The summed E-state index contributed by atoms with van der Waals surface area (Å²) in [6.45, 7) is 0. The fraction of sp³-hybridized carbons (Fsp3) is 0.333. The minimum absolute atomic E-state index is 0.0328. The molecule has 1 N–H and O–H groups in total. The van der Waals surface area contributed by atoms with E-state index in [0.29, 0.717) is 5.56 Å². The number of nitrogens with zero attached hydrogens (tertiary/aromatic N) is 4. The standard InChI is InChI=1S/C18H19N5OS/c1-23(2)18-19-9-12-7-13(4-6-14(12)22-18)21-17(24)11-3-5-15-16(8-11)25-10-20-15/h3,5,8-10,13H,4,6-7H2,1-2H3,(H,21,24). The maximum atomic E-state index is 12.6. The molecule has 0 saturated heterocycles. The van der Waals surface area contributed by atoms with Crippen molar-refractivity contribution in [3.8, 4) is 0 Å². The first kappa shape index (κ1) is 16.0. The third kappa shape index (κ3) is 3.19. The average molecular weight is 353 g/mol. The van der Waals surface area contributed by atoms with Crippen molar-refractivity contribution in [2.24, 2.45) is 0 Å². The Labute approximate surface area is 149 Å². The summed E-state index contributed by atoms with van der Waals surface area (Å²) in [4.78, 5) is 27.7. The van der Waals surface area contributed by atoms with Gasteiger partial charge in [-0.05, 0) is 43.0 Å². The summed E-state index contributed by atoms with van der Waals surface area (Å²) < 4.78 is 1.03. The number of aryl methyl sites for hydroxylation is 1. The predicted octanol–water partition coefficient (Wildman–Crippen LogP) is 2.44. The molecule has 4 rings (SSSR count). The highest BCUT2D eigenvalue weighted by Gasteiger charge is 2.23. The van der Waals surface area contributed by atoms with Crippen LogP contribution in [0.2, 0.25) is 0 Å². The average Bonchev–Trinajstić information content (AvgIpc) is 3.08. The second kappa shape index (κ2) is 6.40. The van der Waals surface area contributed by atoms with Gasteiger partial charge in [0.15, 0.2) is 0 Å². The lowest BCUT2D eigenvalue weighted by Gasteiger charge is -2.25. The molecule has 0 bridgehead atoms. The number of aromatic nitrogens is 3. The number of amides is 1. The predicted molar refractivity (Wildman–Crippen MR) is 99.3 cm³/mol. The van der Waals surface area contributed by atoms with Gasteiger partial charge >= 0.3 is 0 Å². The Kier molecular flexibility index (Phi) is 4.09. The number of fused-ring (bicyclic) bond motifs is 2. The minimum Gasteiger partial charge on any atom is -0.349 e. The zero-order valence-electron chi connectivity index (χ0n) is 14.2. The molecular formula is C18H19N5OS. The van der Waals surface area contributed by atoms with Crippen molar-refractivity contribution in [3.05, 3.63) is 46.7 Å². The Morgan fingerprint density at radius 1 is 1.32 bits per heavy atom. The van der Waals surface area contributed by atoms with Crippen LogP contribution < -0.4 is 10.2 Å². The second-order valence-electron chi connectivity index (χ2n) is 6.48. The normalized spacial score (nSPS) is 16.5. The van der Waals surface area contributed by atoms with Gasteiger partial charge in [-0.3, -0.25) is 4.79 Å². The Bertz CT molecular complexity index is 936. The van der Waals surface area contributed by atoms with Gasteiger partial charge in [-0.15, -0.1) is 11.3 Å². The van der Waals surface area contributed by atoms with Gasteiger partial charge < -0.3 is 10.2 Å². The van der Waals surface area contributed by atoms with Crippen molar-refractivity contribution in [1.82, 2.24) is 20.3 Å². The molecule has 0 radical (unpaired) electrons. The third-order valence-corrected chi connectivity index (χ3v) is 5.26. The monoisotopic (exact) mass is 353 g/mol. The molecule has 1 unspecified atom stereocenters. The van der Waals surface area contributed by atoms with E-state index in [-0.39, 0.29) is 11.9 Å². The smallest absolute Gasteiger partial charge is 0.251 e. The molecule has 2 heterocycles. The van der Waals surface area contributed by atoms with Crippen molar-refractivity contribution < 1.29 is 4.79 Å². The van der Waals surface area contributed by atoms with Gasteiger partial charge in [0, 0.05) is 37.6 Å². The van der Waals surface area contributed by atoms with Crippen LogP contribution in [0.5, 0.6) is 0 Å². The number of hydrogen-bond acceptors (Lipinski definition) is 6. The highest BCUT2D eigenvalue weighted by atomic mass is 32.1. The molecule has 1 amide bonds. The molecular weight excluding hydrogens is 334 g/mol. The van der Waals surface area contributed by atoms with E-state index in [2.05, 4.69) is 20.3 Å². The third-order valence-electron chi connectivity index (χ3n) is 4.47. The van der Waals surface area contributed by atoms with Crippen molar-refractivity contribution in [2.45, 2.75) is 25.3 Å². The summed E-state index contributed by atoms with van der Waals surface area (Å²) in [6.07, 6.45) is 4.42. The molecule has 6 nitrogen and oxygen atoms in total. The first-order valence-electron chi connectivity index (χ1n) is 8.26. The summed E-state index contributed by atoms with van der Waals surface area (Å²) in [7, 11) is 3.88. The lowest BCUT2D eigenvalue weighted by molar-refractivity contribution is 0.0933. The molecule has 1 atom stereocenters. The fourth-order valence-corrected chi connectivity index (χ4v) is 3.82. The molecule has 0 aliphatic heterocycles. The number of hydrogen-bond donors (Lipinski definition) is 1. The highest BCUT2D eigenvalue weighted by Crippen LogP contribution is 2.22. The lowest BCUT2D eigenvalue weighted by atomic mass is 9.92. The fourth-order valence-electron chi connectivity index (χ4n) is 3.10. The number of thiazole rings is 1. The van der Waals surface area contributed by atoms with Crippen molar-refractivity contribution in [2.75, 3.05) is 19.0 Å². The quantitative estimate of drug-likeness (QED) is 0.783. The molecule has 0 saturated carbocycles. The van der Waals surface area contributed by atoms with Crippen LogP contribution in [0.25, 0.3) is 10.2 Å². The molecule has 128 valence electrons. The molecule has 3 aromatic rings. The van der Waals surface area contributed by atoms with Crippen LogP contribution in [0.4, 0.5) is 5.95 Å².